The number of methoxy groups -OCH3 is 1. The fourth-order valence-electron chi connectivity index (χ4n) is 4.54. The molecule has 4 heterocycles. The van der Waals surface area contributed by atoms with Crippen LogP contribution in [0.3, 0.4) is 0 Å². The van der Waals surface area contributed by atoms with Crippen LogP contribution < -0.4 is 19.7 Å². The van der Waals surface area contributed by atoms with Crippen LogP contribution in [0.4, 0.5) is 26.4 Å². The Morgan fingerprint density at radius 3 is 2.60 bits per heavy atom. The van der Waals surface area contributed by atoms with Crippen LogP contribution in [0.1, 0.15) is 32.1 Å². The summed E-state index contributed by atoms with van der Waals surface area (Å²) >= 11 is 0. The van der Waals surface area contributed by atoms with Gasteiger partial charge in [0.25, 0.3) is 5.92 Å². The largest absolute Gasteiger partial charge is 0.493 e. The minimum Gasteiger partial charge on any atom is -0.493 e. The standard InChI is InChI=1S/C24H30F2N6O3/c1-33-19-13-17-18(14-20(19)35-12-4-9-31-7-2-3-8-31)28-23(32-10-5-24(25,26)6-11-32)30-22(17)29-21-15-34-16-27-21/h13-16H,2-12H2,1H3,(H,28,29,30). The number of nitrogens with zero attached hydrogens (tertiary/aromatic N) is 5. The van der Waals surface area contributed by atoms with Crippen molar-refractivity contribution in [2.45, 2.75) is 38.0 Å². The highest BCUT2D eigenvalue weighted by Crippen LogP contribution is 2.37. The van der Waals surface area contributed by atoms with Gasteiger partial charge in [0.1, 0.15) is 12.1 Å². The number of fused-ring (bicyclic) bond motifs is 1. The van der Waals surface area contributed by atoms with Crippen LogP contribution in [0.25, 0.3) is 10.9 Å². The third-order valence-electron chi connectivity index (χ3n) is 6.50. The molecule has 0 spiro atoms. The van der Waals surface area contributed by atoms with Crippen molar-refractivity contribution >= 4 is 28.5 Å². The summed E-state index contributed by atoms with van der Waals surface area (Å²) in [4.78, 5) is 17.7. The zero-order valence-electron chi connectivity index (χ0n) is 19.8. The first-order chi connectivity index (χ1) is 17.0. The third kappa shape index (κ3) is 5.55. The zero-order chi connectivity index (χ0) is 24.3. The minimum atomic E-state index is -2.65. The maximum atomic E-state index is 13.7. The fraction of sp³-hybridized carbons (Fsp3) is 0.542. The maximum Gasteiger partial charge on any atom is 0.251 e. The lowest BCUT2D eigenvalue weighted by atomic mass is 10.1. The van der Waals surface area contributed by atoms with Gasteiger partial charge in [0.15, 0.2) is 23.7 Å². The van der Waals surface area contributed by atoms with Gasteiger partial charge in [-0.25, -0.2) is 13.8 Å². The molecule has 2 aliphatic rings. The second-order valence-corrected chi connectivity index (χ2v) is 8.98. The summed E-state index contributed by atoms with van der Waals surface area (Å²) in [7, 11) is 1.59. The van der Waals surface area contributed by atoms with Gasteiger partial charge in [0.05, 0.1) is 19.2 Å². The Bertz CT molecular complexity index is 1130. The topological polar surface area (TPSA) is 88.8 Å². The predicted molar refractivity (Wildman–Crippen MR) is 128 cm³/mol. The molecule has 2 saturated heterocycles. The molecule has 2 fully saturated rings. The van der Waals surface area contributed by atoms with Gasteiger partial charge in [-0.1, -0.05) is 0 Å². The van der Waals surface area contributed by atoms with E-state index in [1.165, 1.54) is 25.5 Å². The second kappa shape index (κ2) is 10.2. The molecule has 0 radical (unpaired) electrons. The van der Waals surface area contributed by atoms with Gasteiger partial charge in [-0.05, 0) is 38.4 Å². The molecule has 0 unspecified atom stereocenters. The highest BCUT2D eigenvalue weighted by molar-refractivity contribution is 5.94. The molecule has 3 aromatic rings. The summed E-state index contributed by atoms with van der Waals surface area (Å²) in [6.07, 6.45) is 5.76. The van der Waals surface area contributed by atoms with E-state index in [9.17, 15) is 8.78 Å². The highest BCUT2D eigenvalue weighted by atomic mass is 19.3. The van der Waals surface area contributed by atoms with Crippen LogP contribution in [0.15, 0.2) is 29.2 Å². The number of hydrogen-bond acceptors (Lipinski definition) is 9. The molecule has 188 valence electrons. The first-order valence-corrected chi connectivity index (χ1v) is 12.0. The van der Waals surface area contributed by atoms with Crippen LogP contribution >= 0.6 is 0 Å². The van der Waals surface area contributed by atoms with E-state index >= 15 is 0 Å². The molecule has 0 saturated carbocycles. The predicted octanol–water partition coefficient (Wildman–Crippen LogP) is 4.47. The number of anilines is 3. The number of piperidine rings is 1. The number of oxazole rings is 1. The number of hydrogen-bond donors (Lipinski definition) is 1. The summed E-state index contributed by atoms with van der Waals surface area (Å²) in [6.45, 7) is 4.23. The SMILES string of the molecule is COc1cc2c(Nc3cocn3)nc(N3CCC(F)(F)CC3)nc2cc1OCCCN1CCCC1. The van der Waals surface area contributed by atoms with E-state index in [1.54, 1.807) is 12.0 Å². The first-order valence-electron chi connectivity index (χ1n) is 12.0. The van der Waals surface area contributed by atoms with Gasteiger partial charge in [0, 0.05) is 43.9 Å². The Morgan fingerprint density at radius 2 is 1.89 bits per heavy atom. The summed E-state index contributed by atoms with van der Waals surface area (Å²) in [5.74, 6) is -0.167. The smallest absolute Gasteiger partial charge is 0.251 e. The summed E-state index contributed by atoms with van der Waals surface area (Å²) in [5, 5.41) is 3.84. The van der Waals surface area contributed by atoms with Crippen molar-refractivity contribution < 1.29 is 22.7 Å². The molecule has 11 heteroatoms. The Balaban J connectivity index is 1.42. The Hall–Kier alpha value is -3.21. The van der Waals surface area contributed by atoms with Gasteiger partial charge in [0.2, 0.25) is 5.95 Å². The average Bonchev–Trinajstić information content (AvgIpc) is 3.56. The van der Waals surface area contributed by atoms with Gasteiger partial charge in [-0.2, -0.15) is 9.97 Å². The highest BCUT2D eigenvalue weighted by Gasteiger charge is 2.35. The molecule has 1 aromatic carbocycles. The van der Waals surface area contributed by atoms with E-state index in [0.717, 1.165) is 26.1 Å². The van der Waals surface area contributed by atoms with Gasteiger partial charge >= 0.3 is 0 Å². The average molecular weight is 489 g/mol. The molecule has 0 amide bonds. The third-order valence-corrected chi connectivity index (χ3v) is 6.50. The van der Waals surface area contributed by atoms with Crippen molar-refractivity contribution in [2.75, 3.05) is 56.7 Å². The van der Waals surface area contributed by atoms with Crippen LogP contribution in [-0.2, 0) is 0 Å². The Kier molecular flexibility index (Phi) is 6.85. The van der Waals surface area contributed by atoms with Gasteiger partial charge in [-0.15, -0.1) is 0 Å². The van der Waals surface area contributed by atoms with E-state index in [-0.39, 0.29) is 25.9 Å². The maximum absolute atomic E-state index is 13.7. The van der Waals surface area contributed by atoms with E-state index in [2.05, 4.69) is 20.2 Å². The van der Waals surface area contributed by atoms with Crippen molar-refractivity contribution in [2.24, 2.45) is 0 Å². The van der Waals surface area contributed by atoms with Gasteiger partial charge in [-0.3, -0.25) is 0 Å². The molecule has 0 atom stereocenters. The normalized spacial score (nSPS) is 18.2. The van der Waals surface area contributed by atoms with E-state index in [0.29, 0.717) is 46.6 Å². The summed E-state index contributed by atoms with van der Waals surface area (Å²) in [6, 6.07) is 3.64. The second-order valence-electron chi connectivity index (χ2n) is 8.98. The number of likely N-dealkylation sites (tertiary alicyclic amines) is 1. The van der Waals surface area contributed by atoms with E-state index in [1.807, 2.05) is 12.1 Å². The summed E-state index contributed by atoms with van der Waals surface area (Å²) < 4.78 is 44.2. The van der Waals surface area contributed by atoms with Crippen molar-refractivity contribution in [3.63, 3.8) is 0 Å². The number of halogens is 2. The van der Waals surface area contributed by atoms with Crippen molar-refractivity contribution in [3.05, 3.63) is 24.8 Å². The Labute approximate surface area is 202 Å². The van der Waals surface area contributed by atoms with Crippen molar-refractivity contribution in [3.8, 4) is 11.5 Å². The monoisotopic (exact) mass is 488 g/mol. The molecule has 5 rings (SSSR count). The van der Waals surface area contributed by atoms with Gasteiger partial charge < -0.3 is 29.0 Å². The number of ether oxygens (including phenoxy) is 2. The molecule has 0 aliphatic carbocycles. The lowest BCUT2D eigenvalue weighted by molar-refractivity contribution is -0.0222. The Morgan fingerprint density at radius 1 is 1.09 bits per heavy atom. The molecular formula is C24H30F2N6O3. The molecule has 2 aromatic heterocycles. The molecule has 35 heavy (non-hydrogen) atoms. The quantitative estimate of drug-likeness (QED) is 0.438. The lowest BCUT2D eigenvalue weighted by Crippen LogP contribution is -2.40. The van der Waals surface area contributed by atoms with Crippen LogP contribution in [0.5, 0.6) is 11.5 Å². The molecular weight excluding hydrogens is 458 g/mol. The van der Waals surface area contributed by atoms with Crippen LogP contribution in [-0.4, -0.2) is 72.2 Å². The lowest BCUT2D eigenvalue weighted by Gasteiger charge is -2.32. The van der Waals surface area contributed by atoms with Crippen molar-refractivity contribution in [1.29, 1.82) is 0 Å². The molecule has 9 nitrogen and oxygen atoms in total. The summed E-state index contributed by atoms with van der Waals surface area (Å²) in [5.41, 5.74) is 0.619. The first kappa shape index (κ1) is 23.5. The van der Waals surface area contributed by atoms with E-state index < -0.39 is 5.92 Å². The van der Waals surface area contributed by atoms with E-state index in [4.69, 9.17) is 18.9 Å². The minimum absolute atomic E-state index is 0.178. The zero-order valence-corrected chi connectivity index (χ0v) is 19.8. The molecule has 2 aliphatic heterocycles. The number of aromatic nitrogens is 3. The number of nitrogens with one attached hydrogen (secondary N) is 1. The van der Waals surface area contributed by atoms with Crippen LogP contribution in [0.2, 0.25) is 0 Å². The number of rotatable bonds is 9. The van der Waals surface area contributed by atoms with Crippen molar-refractivity contribution in [1.82, 2.24) is 19.9 Å². The fourth-order valence-corrected chi connectivity index (χ4v) is 4.54. The number of alkyl halides is 2. The van der Waals surface area contributed by atoms with Crippen LogP contribution in [0, 0.1) is 0 Å². The molecule has 0 bridgehead atoms. The number of benzene rings is 1. The molecule has 1 N–H and O–H groups in total.